The first-order valence-corrected chi connectivity index (χ1v) is 25.5. The summed E-state index contributed by atoms with van der Waals surface area (Å²) < 4.78 is 12.2. The van der Waals surface area contributed by atoms with E-state index in [9.17, 15) is 0 Å². The highest BCUT2D eigenvalue weighted by atomic mass is 28.3. The summed E-state index contributed by atoms with van der Waals surface area (Å²) >= 11 is 0. The minimum Gasteiger partial charge on any atom is -0.457 e. The van der Waals surface area contributed by atoms with Crippen molar-refractivity contribution in [2.45, 2.75) is 58.5 Å². The molecule has 5 nitrogen and oxygen atoms in total. The predicted molar refractivity (Wildman–Crippen MR) is 262 cm³/mol. The van der Waals surface area contributed by atoms with Crippen molar-refractivity contribution in [1.82, 2.24) is 18.9 Å². The summed E-state index contributed by atoms with van der Waals surface area (Å²) in [7, 11) is -2.36. The molecule has 0 saturated heterocycles. The molecule has 0 spiro atoms. The lowest BCUT2D eigenvalue weighted by Gasteiger charge is -2.36. The van der Waals surface area contributed by atoms with Crippen molar-refractivity contribution in [3.8, 4) is 73.0 Å². The zero-order valence-corrected chi connectivity index (χ0v) is 37.0. The number of hydrogen-bond acceptors (Lipinski definition) is 3. The molecule has 3 aliphatic rings. The summed E-state index contributed by atoms with van der Waals surface area (Å²) in [4.78, 5) is 10.5. The zero-order valence-electron chi connectivity index (χ0n) is 36.0. The van der Waals surface area contributed by atoms with Gasteiger partial charge >= 0.3 is 0 Å². The van der Waals surface area contributed by atoms with Gasteiger partial charge in [0.05, 0.1) is 33.4 Å². The first kappa shape index (κ1) is 36.6. The van der Waals surface area contributed by atoms with Gasteiger partial charge in [-0.3, -0.25) is 14.0 Å². The number of aromatic nitrogens is 4. The molecular formula is C57H46N4OSi. The third-order valence-electron chi connectivity index (χ3n) is 14.6. The molecule has 0 atom stereocenters. The highest BCUT2D eigenvalue weighted by Gasteiger charge is 2.40. The number of benzene rings is 7. The van der Waals surface area contributed by atoms with E-state index in [4.69, 9.17) is 14.7 Å². The van der Waals surface area contributed by atoms with E-state index in [2.05, 4.69) is 182 Å². The number of nitrogens with zero attached hydrogens (tertiary/aromatic N) is 4. The monoisotopic (exact) mass is 830 g/mol. The Hall–Kier alpha value is -7.02. The second-order valence-electron chi connectivity index (χ2n) is 18.5. The first-order valence-electron chi connectivity index (χ1n) is 22.5. The van der Waals surface area contributed by atoms with Gasteiger partial charge in [-0.15, -0.1) is 0 Å². The van der Waals surface area contributed by atoms with Gasteiger partial charge in [0.2, 0.25) is 5.78 Å². The Balaban J connectivity index is 1.19. The van der Waals surface area contributed by atoms with Crippen LogP contribution in [0.1, 0.15) is 48.3 Å². The van der Waals surface area contributed by atoms with E-state index >= 15 is 0 Å². The number of para-hydroxylation sites is 4. The lowest BCUT2D eigenvalue weighted by molar-refractivity contribution is 0.487. The van der Waals surface area contributed by atoms with Crippen LogP contribution in [0.15, 0.2) is 152 Å². The van der Waals surface area contributed by atoms with E-state index in [0.29, 0.717) is 5.92 Å². The molecule has 0 unspecified atom stereocenters. The van der Waals surface area contributed by atoms with Gasteiger partial charge in [-0.25, -0.2) is 4.98 Å². The summed E-state index contributed by atoms with van der Waals surface area (Å²) in [6.07, 6.45) is 6.75. The van der Waals surface area contributed by atoms with E-state index in [1.165, 1.54) is 97.3 Å². The maximum atomic E-state index is 7.43. The molecule has 0 N–H and O–H groups in total. The number of pyridine rings is 1. The third kappa shape index (κ3) is 5.22. The molecule has 3 aromatic heterocycles. The fourth-order valence-corrected chi connectivity index (χ4v) is 14.3. The van der Waals surface area contributed by atoms with Gasteiger partial charge in [0.25, 0.3) is 0 Å². The SMILES string of the molecule is Cc1ccc2c(c1)Oc1c(cc(-n3c4ccccc4n4c5ccccc5nc34)c(C)c1-c1cc3c(cc1C1CCCC1)-c1ccccc1-c1cccnc1-c1ccccc1-3)[Si]2(C)C. The number of hydrogen-bond donors (Lipinski definition) is 0. The molecule has 10 aromatic rings. The van der Waals surface area contributed by atoms with Crippen LogP contribution in [0.2, 0.25) is 13.1 Å². The van der Waals surface area contributed by atoms with Gasteiger partial charge in [0.1, 0.15) is 19.6 Å². The second-order valence-corrected chi connectivity index (χ2v) is 22.8. The van der Waals surface area contributed by atoms with E-state index in [-0.39, 0.29) is 0 Å². The maximum absolute atomic E-state index is 7.43. The quantitative estimate of drug-likeness (QED) is 0.167. The first-order chi connectivity index (χ1) is 30.8. The van der Waals surface area contributed by atoms with Gasteiger partial charge in [-0.1, -0.05) is 117 Å². The van der Waals surface area contributed by atoms with Crippen LogP contribution in [0.3, 0.4) is 0 Å². The molecule has 7 aromatic carbocycles. The molecule has 0 radical (unpaired) electrons. The molecule has 6 heteroatoms. The zero-order chi connectivity index (χ0) is 42.1. The van der Waals surface area contributed by atoms with E-state index < -0.39 is 8.07 Å². The fraction of sp³-hybridized carbons (Fsp3) is 0.158. The average Bonchev–Trinajstić information content (AvgIpc) is 4.05. The predicted octanol–water partition coefficient (Wildman–Crippen LogP) is 13.7. The molecule has 2 aliphatic carbocycles. The maximum Gasteiger partial charge on any atom is 0.220 e. The number of imidazole rings is 2. The molecule has 0 amide bonds. The molecule has 0 bridgehead atoms. The number of ether oxygens (including phenoxy) is 1. The van der Waals surface area contributed by atoms with Crippen LogP contribution in [0.4, 0.5) is 0 Å². The highest BCUT2D eigenvalue weighted by molar-refractivity contribution is 7.01. The number of fused-ring (bicyclic) bond motifs is 15. The molecule has 304 valence electrons. The standard InChI is InChI=1S/C57H46N4OSi/c1-34-27-28-52-51(30-34)62-56-53(63(52,3)4)33-50(61-49-26-14-13-25-48(49)60-47-24-12-11-23-46(47)59-57(60)61)35(2)54(56)45-32-44-39-20-9-10-21-40(39)55-41(22-15-29-58-55)37-18-7-8-19-38(37)43(44)31-42(45)36-16-5-6-17-36/h7-15,18-33,36H,5-6,16-17H2,1-4H3. The smallest absolute Gasteiger partial charge is 0.220 e. The molecule has 1 fully saturated rings. The fourth-order valence-electron chi connectivity index (χ4n) is 11.5. The summed E-state index contributed by atoms with van der Waals surface area (Å²) in [5.41, 5.74) is 21.3. The number of rotatable bonds is 3. The highest BCUT2D eigenvalue weighted by Crippen LogP contribution is 2.53. The topological polar surface area (TPSA) is 44.4 Å². The molecule has 63 heavy (non-hydrogen) atoms. The van der Waals surface area contributed by atoms with Crippen molar-refractivity contribution in [1.29, 1.82) is 0 Å². The van der Waals surface area contributed by atoms with E-state index in [1.807, 2.05) is 6.20 Å². The van der Waals surface area contributed by atoms with Gasteiger partial charge in [-0.05, 0) is 148 Å². The van der Waals surface area contributed by atoms with E-state index in [1.54, 1.807) is 0 Å². The summed E-state index contributed by atoms with van der Waals surface area (Å²) in [5.74, 6) is 3.35. The van der Waals surface area contributed by atoms with Crippen LogP contribution >= 0.6 is 0 Å². The second kappa shape index (κ2) is 13.5. The third-order valence-corrected chi connectivity index (χ3v) is 18.1. The van der Waals surface area contributed by atoms with Crippen LogP contribution < -0.4 is 15.1 Å². The van der Waals surface area contributed by atoms with Crippen molar-refractivity contribution in [3.05, 3.63) is 168 Å². The summed E-state index contributed by atoms with van der Waals surface area (Å²) in [5, 5.41) is 2.65. The van der Waals surface area contributed by atoms with Crippen molar-refractivity contribution in [3.63, 3.8) is 0 Å². The number of aryl methyl sites for hydroxylation is 1. The minimum atomic E-state index is -2.36. The van der Waals surface area contributed by atoms with Gasteiger partial charge in [0, 0.05) is 22.9 Å². The Morgan fingerprint density at radius 2 is 1.24 bits per heavy atom. The van der Waals surface area contributed by atoms with Crippen LogP contribution in [0.5, 0.6) is 11.5 Å². The van der Waals surface area contributed by atoms with Gasteiger partial charge in [0.15, 0.2) is 0 Å². The lowest BCUT2D eigenvalue weighted by atomic mass is 9.78. The van der Waals surface area contributed by atoms with Crippen LogP contribution in [0, 0.1) is 13.8 Å². The largest absolute Gasteiger partial charge is 0.457 e. The molecular weight excluding hydrogens is 785 g/mol. The lowest BCUT2D eigenvalue weighted by Crippen LogP contribution is -2.56. The molecule has 4 heterocycles. The Labute approximate surface area is 368 Å². The van der Waals surface area contributed by atoms with Crippen molar-refractivity contribution < 1.29 is 4.74 Å². The van der Waals surface area contributed by atoms with Crippen molar-refractivity contribution in [2.24, 2.45) is 0 Å². The van der Waals surface area contributed by atoms with Crippen LogP contribution in [-0.4, -0.2) is 27.0 Å². The molecule has 1 aliphatic heterocycles. The Morgan fingerprint density at radius 3 is 2.03 bits per heavy atom. The van der Waals surface area contributed by atoms with Gasteiger partial charge < -0.3 is 4.74 Å². The Bertz CT molecular complexity index is 3570. The molecule has 13 rings (SSSR count). The van der Waals surface area contributed by atoms with E-state index in [0.717, 1.165) is 56.3 Å². The Morgan fingerprint density at radius 1 is 0.587 bits per heavy atom. The molecule has 1 saturated carbocycles. The minimum absolute atomic E-state index is 0.422. The summed E-state index contributed by atoms with van der Waals surface area (Å²) in [6.45, 7) is 9.53. The Kier molecular flexibility index (Phi) is 7.84. The summed E-state index contributed by atoms with van der Waals surface area (Å²) in [6, 6.07) is 54.0. The van der Waals surface area contributed by atoms with Crippen molar-refractivity contribution >= 4 is 46.3 Å². The van der Waals surface area contributed by atoms with Crippen LogP contribution in [-0.2, 0) is 0 Å². The normalized spacial score (nSPS) is 14.9. The average molecular weight is 831 g/mol. The van der Waals surface area contributed by atoms with Gasteiger partial charge in [-0.2, -0.15) is 0 Å². The van der Waals surface area contributed by atoms with Crippen LogP contribution in [0.25, 0.3) is 89.3 Å². The van der Waals surface area contributed by atoms with Crippen molar-refractivity contribution in [2.75, 3.05) is 0 Å².